The van der Waals surface area contributed by atoms with E-state index in [0.717, 1.165) is 12.0 Å². The summed E-state index contributed by atoms with van der Waals surface area (Å²) in [6.07, 6.45) is 4.22. The lowest BCUT2D eigenvalue weighted by atomic mass is 10.2. The molecule has 0 heterocycles. The lowest BCUT2D eigenvalue weighted by Gasteiger charge is -2.08. The lowest BCUT2D eigenvalue weighted by molar-refractivity contribution is -0.117. The van der Waals surface area contributed by atoms with Crippen LogP contribution in [0, 0.1) is 0 Å². The number of carbonyl (C=O) groups is 1. The zero-order chi connectivity index (χ0) is 12.0. The number of nitrogen functional groups attached to an aromatic ring is 1. The number of rotatable bonds is 4. The van der Waals surface area contributed by atoms with Gasteiger partial charge in [-0.15, -0.1) is 0 Å². The van der Waals surface area contributed by atoms with Gasteiger partial charge in [-0.3, -0.25) is 4.79 Å². The van der Waals surface area contributed by atoms with Gasteiger partial charge in [0, 0.05) is 17.8 Å². The van der Waals surface area contributed by atoms with Gasteiger partial charge in [0.1, 0.15) is 0 Å². The topological polar surface area (TPSA) is 55.1 Å². The summed E-state index contributed by atoms with van der Waals surface area (Å²) in [5.41, 5.74) is 7.26. The summed E-state index contributed by atoms with van der Waals surface area (Å²) in [6, 6.07) is 7.62. The second-order valence-electron chi connectivity index (χ2n) is 3.82. The maximum atomic E-state index is 11.4. The molecule has 3 N–H and O–H groups in total. The Morgan fingerprint density at radius 2 is 2.31 bits per heavy atom. The third kappa shape index (κ3) is 4.17. The molecule has 1 unspecified atom stereocenters. The van der Waals surface area contributed by atoms with Gasteiger partial charge in [-0.2, -0.15) is 0 Å². The molecule has 0 saturated carbocycles. The van der Waals surface area contributed by atoms with Crippen molar-refractivity contribution in [1.82, 2.24) is 5.32 Å². The minimum Gasteiger partial charge on any atom is -0.399 e. The number of nitrogens with two attached hydrogens (primary N) is 1. The van der Waals surface area contributed by atoms with Gasteiger partial charge < -0.3 is 11.1 Å². The quantitative estimate of drug-likeness (QED) is 0.601. The number of hydrogen-bond donors (Lipinski definition) is 2. The molecule has 1 amide bonds. The molecule has 0 bridgehead atoms. The maximum absolute atomic E-state index is 11.4. The predicted octanol–water partition coefficient (Wildman–Crippen LogP) is 2.20. The van der Waals surface area contributed by atoms with Gasteiger partial charge in [0.2, 0.25) is 5.91 Å². The average Bonchev–Trinajstić information content (AvgIpc) is 2.26. The molecule has 1 atom stereocenters. The van der Waals surface area contributed by atoms with E-state index in [9.17, 15) is 4.79 Å². The first-order chi connectivity index (χ1) is 7.61. The summed E-state index contributed by atoms with van der Waals surface area (Å²) in [5.74, 6) is -0.0724. The molecule has 0 aliphatic rings. The van der Waals surface area contributed by atoms with Gasteiger partial charge in [0.05, 0.1) is 0 Å². The summed E-state index contributed by atoms with van der Waals surface area (Å²) >= 11 is 0. The van der Waals surface area contributed by atoms with Crippen LogP contribution in [0.2, 0.25) is 0 Å². The fourth-order valence-corrected chi connectivity index (χ4v) is 1.23. The van der Waals surface area contributed by atoms with Crippen LogP contribution in [-0.2, 0) is 4.79 Å². The van der Waals surface area contributed by atoms with E-state index >= 15 is 0 Å². The van der Waals surface area contributed by atoms with Crippen LogP contribution in [0.25, 0.3) is 6.08 Å². The van der Waals surface area contributed by atoms with Crippen LogP contribution in [0.5, 0.6) is 0 Å². The molecule has 0 saturated heterocycles. The highest BCUT2D eigenvalue weighted by Crippen LogP contribution is 2.07. The Morgan fingerprint density at radius 1 is 1.56 bits per heavy atom. The Morgan fingerprint density at radius 3 is 2.94 bits per heavy atom. The molecule has 0 spiro atoms. The summed E-state index contributed by atoms with van der Waals surface area (Å²) in [4.78, 5) is 11.4. The lowest BCUT2D eigenvalue weighted by Crippen LogP contribution is -2.30. The average molecular weight is 218 g/mol. The molecule has 1 aromatic carbocycles. The van der Waals surface area contributed by atoms with E-state index in [2.05, 4.69) is 5.32 Å². The van der Waals surface area contributed by atoms with Crippen molar-refractivity contribution in [3.05, 3.63) is 35.9 Å². The van der Waals surface area contributed by atoms with Crippen molar-refractivity contribution < 1.29 is 4.79 Å². The standard InChI is InChI=1S/C13H18N2O/c1-3-10(2)15-13(16)8-7-11-5-4-6-12(14)9-11/h4-10H,3,14H2,1-2H3,(H,15,16)/b8-7+. The third-order valence-electron chi connectivity index (χ3n) is 2.34. The highest BCUT2D eigenvalue weighted by molar-refractivity contribution is 5.91. The smallest absolute Gasteiger partial charge is 0.244 e. The minimum atomic E-state index is -0.0724. The van der Waals surface area contributed by atoms with Crippen molar-refractivity contribution in [2.75, 3.05) is 5.73 Å². The Hall–Kier alpha value is -1.77. The second-order valence-corrected chi connectivity index (χ2v) is 3.82. The van der Waals surface area contributed by atoms with Crippen LogP contribution in [0.3, 0.4) is 0 Å². The molecule has 0 fully saturated rings. The Kier molecular flexibility index (Phi) is 4.58. The molecule has 0 radical (unpaired) electrons. The Labute approximate surface area is 96.3 Å². The van der Waals surface area contributed by atoms with Crippen LogP contribution in [0.15, 0.2) is 30.3 Å². The molecule has 0 aliphatic carbocycles. The number of carbonyl (C=O) groups excluding carboxylic acids is 1. The van der Waals surface area contributed by atoms with Crippen molar-refractivity contribution in [3.8, 4) is 0 Å². The SMILES string of the molecule is CCC(C)NC(=O)/C=C/c1cccc(N)c1. The highest BCUT2D eigenvalue weighted by atomic mass is 16.1. The summed E-state index contributed by atoms with van der Waals surface area (Å²) < 4.78 is 0. The molecule has 0 aliphatic heterocycles. The molecule has 1 aromatic rings. The van der Waals surface area contributed by atoms with Crippen molar-refractivity contribution >= 4 is 17.7 Å². The van der Waals surface area contributed by atoms with Crippen molar-refractivity contribution in [1.29, 1.82) is 0 Å². The highest BCUT2D eigenvalue weighted by Gasteiger charge is 2.00. The van der Waals surface area contributed by atoms with Crippen LogP contribution in [0.4, 0.5) is 5.69 Å². The van der Waals surface area contributed by atoms with Gasteiger partial charge in [-0.25, -0.2) is 0 Å². The number of anilines is 1. The number of amides is 1. The largest absolute Gasteiger partial charge is 0.399 e. The molecular weight excluding hydrogens is 200 g/mol. The summed E-state index contributed by atoms with van der Waals surface area (Å²) in [5, 5.41) is 2.86. The van der Waals surface area contributed by atoms with E-state index in [-0.39, 0.29) is 11.9 Å². The summed E-state index contributed by atoms with van der Waals surface area (Å²) in [7, 11) is 0. The van der Waals surface area contributed by atoms with Gasteiger partial charge >= 0.3 is 0 Å². The minimum absolute atomic E-state index is 0.0724. The van der Waals surface area contributed by atoms with E-state index in [1.54, 1.807) is 6.08 Å². The number of hydrogen-bond acceptors (Lipinski definition) is 2. The first kappa shape index (κ1) is 12.3. The second kappa shape index (κ2) is 5.95. The predicted molar refractivity (Wildman–Crippen MR) is 67.8 cm³/mol. The van der Waals surface area contributed by atoms with Gasteiger partial charge in [0.25, 0.3) is 0 Å². The van der Waals surface area contributed by atoms with Crippen LogP contribution in [-0.4, -0.2) is 11.9 Å². The molecular formula is C13H18N2O. The van der Waals surface area contributed by atoms with Gasteiger partial charge in [-0.1, -0.05) is 19.1 Å². The van der Waals surface area contributed by atoms with E-state index in [0.29, 0.717) is 5.69 Å². The van der Waals surface area contributed by atoms with E-state index in [1.807, 2.05) is 38.1 Å². The molecule has 3 heteroatoms. The first-order valence-corrected chi connectivity index (χ1v) is 5.46. The monoisotopic (exact) mass is 218 g/mol. The van der Waals surface area contributed by atoms with Crippen molar-refractivity contribution in [3.63, 3.8) is 0 Å². The summed E-state index contributed by atoms with van der Waals surface area (Å²) in [6.45, 7) is 4.01. The third-order valence-corrected chi connectivity index (χ3v) is 2.34. The fourth-order valence-electron chi connectivity index (χ4n) is 1.23. The zero-order valence-electron chi connectivity index (χ0n) is 9.73. The maximum Gasteiger partial charge on any atom is 0.244 e. The zero-order valence-corrected chi connectivity index (χ0v) is 9.73. The van der Waals surface area contributed by atoms with Gasteiger partial charge in [0.15, 0.2) is 0 Å². The molecule has 16 heavy (non-hydrogen) atoms. The van der Waals surface area contributed by atoms with Crippen LogP contribution >= 0.6 is 0 Å². The van der Waals surface area contributed by atoms with E-state index in [1.165, 1.54) is 6.08 Å². The Balaban J connectivity index is 2.56. The van der Waals surface area contributed by atoms with E-state index in [4.69, 9.17) is 5.73 Å². The van der Waals surface area contributed by atoms with Crippen molar-refractivity contribution in [2.45, 2.75) is 26.3 Å². The first-order valence-electron chi connectivity index (χ1n) is 5.46. The van der Waals surface area contributed by atoms with Crippen LogP contribution in [0.1, 0.15) is 25.8 Å². The van der Waals surface area contributed by atoms with Gasteiger partial charge in [-0.05, 0) is 37.1 Å². The van der Waals surface area contributed by atoms with Crippen molar-refractivity contribution in [2.24, 2.45) is 0 Å². The number of benzene rings is 1. The molecule has 3 nitrogen and oxygen atoms in total. The number of nitrogens with one attached hydrogen (secondary N) is 1. The normalized spacial score (nSPS) is 12.6. The molecule has 0 aromatic heterocycles. The van der Waals surface area contributed by atoms with Crippen LogP contribution < -0.4 is 11.1 Å². The fraction of sp³-hybridized carbons (Fsp3) is 0.308. The molecule has 86 valence electrons. The Bertz CT molecular complexity index is 385. The van der Waals surface area contributed by atoms with E-state index < -0.39 is 0 Å². The molecule has 1 rings (SSSR count).